The second kappa shape index (κ2) is 7.89. The van der Waals surface area contributed by atoms with Gasteiger partial charge in [-0.3, -0.25) is 0 Å². The van der Waals surface area contributed by atoms with Crippen LogP contribution in [0.4, 0.5) is 16.2 Å². The van der Waals surface area contributed by atoms with E-state index in [1.165, 1.54) is 0 Å². The van der Waals surface area contributed by atoms with Crippen LogP contribution in [0, 0.1) is 19.8 Å². The molecule has 0 fully saturated rings. The maximum atomic E-state index is 12.4. The van der Waals surface area contributed by atoms with Gasteiger partial charge in [0.1, 0.15) is 0 Å². The molecule has 0 aliphatic heterocycles. The highest BCUT2D eigenvalue weighted by molar-refractivity contribution is 7.93. The molecule has 28 heavy (non-hydrogen) atoms. The van der Waals surface area contributed by atoms with Gasteiger partial charge in [-0.1, -0.05) is 32.0 Å². The van der Waals surface area contributed by atoms with Crippen LogP contribution in [0.5, 0.6) is 0 Å². The molecule has 2 amide bonds. The molecule has 0 saturated heterocycles. The Balaban J connectivity index is 1.80. The molecule has 2 aromatic carbocycles. The van der Waals surface area contributed by atoms with Gasteiger partial charge in [-0.2, -0.15) is 0 Å². The van der Waals surface area contributed by atoms with E-state index >= 15 is 0 Å². The zero-order valence-electron chi connectivity index (χ0n) is 16.2. The number of aryl methyl sites for hydroxylation is 2. The number of nitrogens with zero attached hydrogens (tertiary/aromatic N) is 1. The minimum atomic E-state index is -3.40. The number of nitrogens with one attached hydrogen (secondary N) is 2. The van der Waals surface area contributed by atoms with Gasteiger partial charge >= 0.3 is 6.03 Å². The summed E-state index contributed by atoms with van der Waals surface area (Å²) in [5.74, 6) is 0.0960. The highest BCUT2D eigenvalue weighted by Crippen LogP contribution is 2.29. The SMILES string of the molecule is Cc1cccc(C)c1NC(=O)Nc1ccc2nc(S(=O)(=O)CC(C)C)sc2c1. The summed E-state index contributed by atoms with van der Waals surface area (Å²) in [6, 6.07) is 10.6. The number of fused-ring (bicyclic) bond motifs is 1. The van der Waals surface area contributed by atoms with Crippen LogP contribution in [0.25, 0.3) is 10.2 Å². The topological polar surface area (TPSA) is 88.2 Å². The standard InChI is InChI=1S/C20H23N3O3S2/c1-12(2)11-28(25,26)20-22-16-9-8-15(10-17(16)27-20)21-19(24)23-18-13(3)6-5-7-14(18)4/h5-10,12H,11H2,1-4H3,(H2,21,23,24). The number of rotatable bonds is 5. The van der Waals surface area contributed by atoms with Crippen LogP contribution in [0.15, 0.2) is 40.7 Å². The molecule has 3 aromatic rings. The van der Waals surface area contributed by atoms with Gasteiger partial charge in [0, 0.05) is 11.4 Å². The number of benzene rings is 2. The van der Waals surface area contributed by atoms with E-state index in [1.54, 1.807) is 18.2 Å². The Morgan fingerprint density at radius 3 is 2.43 bits per heavy atom. The maximum absolute atomic E-state index is 12.4. The van der Waals surface area contributed by atoms with Crippen molar-refractivity contribution >= 4 is 48.8 Å². The Labute approximate surface area is 168 Å². The van der Waals surface area contributed by atoms with Gasteiger partial charge in [0.05, 0.1) is 16.0 Å². The number of carbonyl (C=O) groups is 1. The molecule has 1 heterocycles. The molecule has 0 aliphatic rings. The van der Waals surface area contributed by atoms with Crippen molar-refractivity contribution in [3.8, 4) is 0 Å². The van der Waals surface area contributed by atoms with E-state index < -0.39 is 9.84 Å². The van der Waals surface area contributed by atoms with Gasteiger partial charge in [-0.25, -0.2) is 18.2 Å². The molecule has 0 unspecified atom stereocenters. The number of sulfone groups is 1. The summed E-state index contributed by atoms with van der Waals surface area (Å²) in [5.41, 5.74) is 3.92. The third-order valence-corrected chi connectivity index (χ3v) is 7.72. The van der Waals surface area contributed by atoms with Gasteiger partial charge in [-0.15, -0.1) is 11.3 Å². The maximum Gasteiger partial charge on any atom is 0.323 e. The van der Waals surface area contributed by atoms with E-state index in [0.29, 0.717) is 15.9 Å². The Hall–Kier alpha value is -2.45. The normalized spacial score (nSPS) is 11.8. The summed E-state index contributed by atoms with van der Waals surface area (Å²) < 4.78 is 25.7. The number of amides is 2. The van der Waals surface area contributed by atoms with Crippen molar-refractivity contribution in [2.24, 2.45) is 5.92 Å². The lowest BCUT2D eigenvalue weighted by molar-refractivity contribution is 0.262. The van der Waals surface area contributed by atoms with Crippen LogP contribution < -0.4 is 10.6 Å². The number of hydrogen-bond donors (Lipinski definition) is 2. The number of para-hydroxylation sites is 1. The first-order valence-electron chi connectivity index (χ1n) is 8.93. The van der Waals surface area contributed by atoms with Gasteiger partial charge in [0.2, 0.25) is 14.2 Å². The van der Waals surface area contributed by atoms with Crippen LogP contribution >= 0.6 is 11.3 Å². The summed E-state index contributed by atoms with van der Waals surface area (Å²) >= 11 is 1.13. The van der Waals surface area contributed by atoms with Gasteiger partial charge < -0.3 is 10.6 Å². The second-order valence-corrected chi connectivity index (χ2v) is 10.4. The number of carbonyl (C=O) groups excluding carboxylic acids is 1. The lowest BCUT2D eigenvalue weighted by atomic mass is 10.1. The van der Waals surface area contributed by atoms with Crippen LogP contribution in [-0.4, -0.2) is 25.2 Å². The van der Waals surface area contributed by atoms with Crippen molar-refractivity contribution in [1.29, 1.82) is 0 Å². The average molecular weight is 418 g/mol. The second-order valence-electron chi connectivity index (χ2n) is 7.18. The fourth-order valence-corrected chi connectivity index (χ4v) is 5.89. The van der Waals surface area contributed by atoms with Crippen LogP contribution in [0.3, 0.4) is 0 Å². The Morgan fingerprint density at radius 2 is 1.79 bits per heavy atom. The van der Waals surface area contributed by atoms with Crippen molar-refractivity contribution in [2.45, 2.75) is 32.0 Å². The summed E-state index contributed by atoms with van der Waals surface area (Å²) in [5, 5.41) is 5.66. The van der Waals surface area contributed by atoms with Crippen molar-refractivity contribution in [1.82, 2.24) is 4.98 Å². The summed E-state index contributed by atoms with van der Waals surface area (Å²) in [4.78, 5) is 16.6. The van der Waals surface area contributed by atoms with Crippen molar-refractivity contribution in [2.75, 3.05) is 16.4 Å². The molecular formula is C20H23N3O3S2. The molecule has 6 nitrogen and oxygen atoms in total. The smallest absolute Gasteiger partial charge is 0.308 e. The molecule has 1 aromatic heterocycles. The predicted octanol–water partition coefficient (Wildman–Crippen LogP) is 4.99. The molecular weight excluding hydrogens is 394 g/mol. The van der Waals surface area contributed by atoms with Gasteiger partial charge in [0.25, 0.3) is 0 Å². The van der Waals surface area contributed by atoms with Crippen LogP contribution in [0.1, 0.15) is 25.0 Å². The van der Waals surface area contributed by atoms with E-state index in [0.717, 1.165) is 28.2 Å². The van der Waals surface area contributed by atoms with E-state index in [2.05, 4.69) is 15.6 Å². The molecule has 3 rings (SSSR count). The fraction of sp³-hybridized carbons (Fsp3) is 0.300. The summed E-state index contributed by atoms with van der Waals surface area (Å²) in [7, 11) is -3.40. The first kappa shape index (κ1) is 20.3. The number of aromatic nitrogens is 1. The number of anilines is 2. The Morgan fingerprint density at radius 1 is 1.11 bits per heavy atom. The zero-order chi connectivity index (χ0) is 20.5. The first-order valence-corrected chi connectivity index (χ1v) is 11.4. The van der Waals surface area contributed by atoms with E-state index in [4.69, 9.17) is 0 Å². The molecule has 0 saturated carbocycles. The van der Waals surface area contributed by atoms with Crippen LogP contribution in [0.2, 0.25) is 0 Å². The summed E-state index contributed by atoms with van der Waals surface area (Å²) in [6.07, 6.45) is 0. The number of hydrogen-bond acceptors (Lipinski definition) is 5. The van der Waals surface area contributed by atoms with Crippen molar-refractivity contribution in [3.05, 3.63) is 47.5 Å². The first-order chi connectivity index (χ1) is 13.2. The molecule has 0 bridgehead atoms. The largest absolute Gasteiger partial charge is 0.323 e. The highest BCUT2D eigenvalue weighted by Gasteiger charge is 2.21. The monoisotopic (exact) mass is 417 g/mol. The lowest BCUT2D eigenvalue weighted by Crippen LogP contribution is -2.20. The molecule has 0 aliphatic carbocycles. The molecule has 2 N–H and O–H groups in total. The van der Waals surface area contributed by atoms with Crippen molar-refractivity contribution < 1.29 is 13.2 Å². The molecule has 8 heteroatoms. The quantitative estimate of drug-likeness (QED) is 0.612. The zero-order valence-corrected chi connectivity index (χ0v) is 17.9. The third-order valence-electron chi connectivity index (χ3n) is 4.17. The minimum absolute atomic E-state index is 0.0304. The summed E-state index contributed by atoms with van der Waals surface area (Å²) in [6.45, 7) is 7.60. The lowest BCUT2D eigenvalue weighted by Gasteiger charge is -2.12. The van der Waals surface area contributed by atoms with Crippen LogP contribution in [-0.2, 0) is 9.84 Å². The molecule has 0 spiro atoms. The third kappa shape index (κ3) is 4.51. The average Bonchev–Trinajstić information content (AvgIpc) is 3.01. The Bertz CT molecular complexity index is 1110. The van der Waals surface area contributed by atoms with E-state index in [9.17, 15) is 13.2 Å². The van der Waals surface area contributed by atoms with Crippen molar-refractivity contribution in [3.63, 3.8) is 0 Å². The minimum Gasteiger partial charge on any atom is -0.308 e. The van der Waals surface area contributed by atoms with E-state index in [-0.39, 0.29) is 22.0 Å². The molecule has 0 radical (unpaired) electrons. The predicted molar refractivity (Wildman–Crippen MR) is 115 cm³/mol. The fourth-order valence-electron chi connectivity index (χ4n) is 2.91. The number of thiazole rings is 1. The Kier molecular flexibility index (Phi) is 5.71. The number of urea groups is 1. The molecule has 148 valence electrons. The van der Waals surface area contributed by atoms with Gasteiger partial charge in [0.15, 0.2) is 0 Å². The molecule has 0 atom stereocenters. The van der Waals surface area contributed by atoms with Gasteiger partial charge in [-0.05, 0) is 49.1 Å². The highest BCUT2D eigenvalue weighted by atomic mass is 32.2. The van der Waals surface area contributed by atoms with E-state index in [1.807, 2.05) is 45.9 Å².